The van der Waals surface area contributed by atoms with Crippen molar-refractivity contribution in [2.24, 2.45) is 0 Å². The van der Waals surface area contributed by atoms with Crippen molar-refractivity contribution >= 4 is 35.2 Å². The van der Waals surface area contributed by atoms with E-state index in [0.29, 0.717) is 11.3 Å². The minimum Gasteiger partial charge on any atom is -0.465 e. The van der Waals surface area contributed by atoms with Crippen molar-refractivity contribution in [3.8, 4) is 5.75 Å². The molecule has 0 aliphatic carbocycles. The fourth-order valence-electron chi connectivity index (χ4n) is 2.04. The van der Waals surface area contributed by atoms with Gasteiger partial charge in [0, 0.05) is 17.3 Å². The van der Waals surface area contributed by atoms with Gasteiger partial charge in [0.25, 0.3) is 0 Å². The van der Waals surface area contributed by atoms with Gasteiger partial charge in [0.1, 0.15) is 5.75 Å². The maximum absolute atomic E-state index is 12.4. The van der Waals surface area contributed by atoms with E-state index in [0.717, 1.165) is 6.08 Å². The van der Waals surface area contributed by atoms with E-state index in [2.05, 4.69) is 14.8 Å². The summed E-state index contributed by atoms with van der Waals surface area (Å²) in [6.45, 7) is -2.97. The lowest BCUT2D eigenvalue weighted by Crippen LogP contribution is -2.09. The first-order chi connectivity index (χ1) is 12.4. The molecule has 0 bridgehead atoms. The molecule has 0 heterocycles. The average molecular weight is 382 g/mol. The van der Waals surface area contributed by atoms with Gasteiger partial charge in [-0.3, -0.25) is 4.79 Å². The minimum absolute atomic E-state index is 0.0500. The Labute approximate surface area is 153 Å². The van der Waals surface area contributed by atoms with Gasteiger partial charge in [-0.2, -0.15) is 8.78 Å². The molecule has 136 valence electrons. The molecule has 0 radical (unpaired) electrons. The van der Waals surface area contributed by atoms with Gasteiger partial charge in [-0.25, -0.2) is 4.79 Å². The average Bonchev–Trinajstić information content (AvgIpc) is 2.61. The largest absolute Gasteiger partial charge is 0.465 e. The first-order valence-electron chi connectivity index (χ1n) is 7.31. The highest BCUT2D eigenvalue weighted by atomic mass is 35.5. The van der Waals surface area contributed by atoms with Crippen LogP contribution in [0.4, 0.5) is 14.5 Å². The molecular formula is C18H14ClF2NO4. The highest BCUT2D eigenvalue weighted by Crippen LogP contribution is 2.23. The van der Waals surface area contributed by atoms with Crippen molar-refractivity contribution in [3.05, 3.63) is 64.7 Å². The molecule has 0 unspecified atom stereocenters. The van der Waals surface area contributed by atoms with Crippen LogP contribution < -0.4 is 10.1 Å². The third-order valence-corrected chi connectivity index (χ3v) is 3.52. The zero-order chi connectivity index (χ0) is 19.1. The van der Waals surface area contributed by atoms with E-state index in [1.807, 2.05) is 0 Å². The van der Waals surface area contributed by atoms with Crippen molar-refractivity contribution in [1.82, 2.24) is 0 Å². The summed E-state index contributed by atoms with van der Waals surface area (Å²) < 4.78 is 33.7. The standard InChI is InChI=1S/C18H14ClF2NO4/c1-25-17(24)13-10-12(7-8-14(13)19)22-16(23)9-6-11-4-2-3-5-15(11)26-18(20)21/h2-10,18H,1H3,(H,22,23)/b9-6+. The number of hydrogen-bond donors (Lipinski definition) is 1. The Balaban J connectivity index is 2.12. The Morgan fingerprint density at radius 3 is 2.62 bits per heavy atom. The van der Waals surface area contributed by atoms with Crippen LogP contribution in [0.15, 0.2) is 48.5 Å². The number of anilines is 1. The lowest BCUT2D eigenvalue weighted by atomic mass is 10.2. The van der Waals surface area contributed by atoms with Gasteiger partial charge in [-0.05, 0) is 30.3 Å². The maximum Gasteiger partial charge on any atom is 0.387 e. The van der Waals surface area contributed by atoms with Crippen LogP contribution in [-0.2, 0) is 9.53 Å². The van der Waals surface area contributed by atoms with Gasteiger partial charge in [0.15, 0.2) is 0 Å². The van der Waals surface area contributed by atoms with Gasteiger partial charge >= 0.3 is 12.6 Å². The summed E-state index contributed by atoms with van der Waals surface area (Å²) in [6, 6.07) is 10.4. The van der Waals surface area contributed by atoms with Crippen molar-refractivity contribution < 1.29 is 27.8 Å². The van der Waals surface area contributed by atoms with Crippen molar-refractivity contribution in [3.63, 3.8) is 0 Å². The summed E-state index contributed by atoms with van der Waals surface area (Å²) in [5.41, 5.74) is 0.738. The molecule has 2 aromatic carbocycles. The number of hydrogen-bond acceptors (Lipinski definition) is 4. The smallest absolute Gasteiger partial charge is 0.387 e. The number of esters is 1. The van der Waals surface area contributed by atoms with Crippen LogP contribution in [0.5, 0.6) is 5.75 Å². The zero-order valence-electron chi connectivity index (χ0n) is 13.5. The fraction of sp³-hybridized carbons (Fsp3) is 0.111. The van der Waals surface area contributed by atoms with Crippen LogP contribution in [0, 0.1) is 0 Å². The predicted molar refractivity (Wildman–Crippen MR) is 93.5 cm³/mol. The number of carbonyl (C=O) groups excluding carboxylic acids is 2. The van der Waals surface area contributed by atoms with Gasteiger partial charge in [0.05, 0.1) is 17.7 Å². The van der Waals surface area contributed by atoms with Crippen molar-refractivity contribution in [1.29, 1.82) is 0 Å². The van der Waals surface area contributed by atoms with E-state index in [1.165, 1.54) is 49.6 Å². The van der Waals surface area contributed by atoms with Gasteiger partial charge < -0.3 is 14.8 Å². The summed E-state index contributed by atoms with van der Waals surface area (Å²) in [6.07, 6.45) is 2.49. The van der Waals surface area contributed by atoms with Crippen LogP contribution in [-0.4, -0.2) is 25.6 Å². The van der Waals surface area contributed by atoms with Crippen LogP contribution in [0.25, 0.3) is 6.08 Å². The lowest BCUT2D eigenvalue weighted by Gasteiger charge is -2.08. The number of carbonyl (C=O) groups is 2. The topological polar surface area (TPSA) is 64.6 Å². The zero-order valence-corrected chi connectivity index (χ0v) is 14.3. The van der Waals surface area contributed by atoms with Crippen LogP contribution in [0.1, 0.15) is 15.9 Å². The molecule has 8 heteroatoms. The Hall–Kier alpha value is -2.93. The number of ether oxygens (including phenoxy) is 2. The van der Waals surface area contributed by atoms with Crippen LogP contribution in [0.3, 0.4) is 0 Å². The second-order valence-corrected chi connectivity index (χ2v) is 5.33. The summed E-state index contributed by atoms with van der Waals surface area (Å²) in [5, 5.41) is 2.72. The second-order valence-electron chi connectivity index (χ2n) is 4.93. The number of methoxy groups -OCH3 is 1. The number of alkyl halides is 2. The van der Waals surface area contributed by atoms with Crippen LogP contribution in [0.2, 0.25) is 5.02 Å². The molecule has 5 nitrogen and oxygen atoms in total. The highest BCUT2D eigenvalue weighted by molar-refractivity contribution is 6.33. The normalized spacial score (nSPS) is 10.8. The van der Waals surface area contributed by atoms with Crippen molar-refractivity contribution in [2.75, 3.05) is 12.4 Å². The number of halogens is 3. The molecule has 0 aromatic heterocycles. The molecule has 0 aliphatic rings. The third kappa shape index (κ3) is 5.29. The van der Waals surface area contributed by atoms with E-state index < -0.39 is 18.5 Å². The third-order valence-electron chi connectivity index (χ3n) is 3.19. The van der Waals surface area contributed by atoms with Gasteiger partial charge in [-0.1, -0.05) is 29.8 Å². The van der Waals surface area contributed by atoms with E-state index in [1.54, 1.807) is 6.07 Å². The van der Waals surface area contributed by atoms with Gasteiger partial charge in [-0.15, -0.1) is 0 Å². The molecule has 0 atom stereocenters. The summed E-state index contributed by atoms with van der Waals surface area (Å²) in [4.78, 5) is 23.6. The molecule has 0 saturated heterocycles. The predicted octanol–water partition coefficient (Wildman–Crippen LogP) is 4.38. The molecule has 0 saturated carbocycles. The Bertz CT molecular complexity index is 840. The summed E-state index contributed by atoms with van der Waals surface area (Å²) in [5.74, 6) is -1.22. The van der Waals surface area contributed by atoms with E-state index >= 15 is 0 Å². The molecule has 1 N–H and O–H groups in total. The Kier molecular flexibility index (Phi) is 6.68. The molecule has 0 spiro atoms. The number of nitrogens with one attached hydrogen (secondary N) is 1. The number of amides is 1. The first kappa shape index (κ1) is 19.4. The number of para-hydroxylation sites is 1. The molecule has 1 amide bonds. The van der Waals surface area contributed by atoms with E-state index in [4.69, 9.17) is 11.6 Å². The number of rotatable bonds is 6. The lowest BCUT2D eigenvalue weighted by molar-refractivity contribution is -0.111. The fourth-order valence-corrected chi connectivity index (χ4v) is 2.24. The molecule has 0 aliphatic heterocycles. The Morgan fingerprint density at radius 2 is 1.92 bits per heavy atom. The molecule has 0 fully saturated rings. The summed E-state index contributed by atoms with van der Waals surface area (Å²) >= 11 is 5.90. The summed E-state index contributed by atoms with van der Waals surface area (Å²) in [7, 11) is 1.21. The first-order valence-corrected chi connectivity index (χ1v) is 7.69. The van der Waals surface area contributed by atoms with E-state index in [9.17, 15) is 18.4 Å². The Morgan fingerprint density at radius 1 is 1.19 bits per heavy atom. The molecule has 2 rings (SSSR count). The SMILES string of the molecule is COC(=O)c1cc(NC(=O)/C=C/c2ccccc2OC(F)F)ccc1Cl. The highest BCUT2D eigenvalue weighted by Gasteiger charge is 2.12. The number of benzene rings is 2. The molecule has 2 aromatic rings. The quantitative estimate of drug-likeness (QED) is 0.595. The van der Waals surface area contributed by atoms with E-state index in [-0.39, 0.29) is 16.3 Å². The maximum atomic E-state index is 12.4. The minimum atomic E-state index is -2.97. The molecule has 26 heavy (non-hydrogen) atoms. The van der Waals surface area contributed by atoms with Crippen LogP contribution >= 0.6 is 11.6 Å². The van der Waals surface area contributed by atoms with Crippen molar-refractivity contribution in [2.45, 2.75) is 6.61 Å². The second kappa shape index (κ2) is 8.96. The van der Waals surface area contributed by atoms with Gasteiger partial charge in [0.2, 0.25) is 5.91 Å². The monoisotopic (exact) mass is 381 g/mol. The molecular weight excluding hydrogens is 368 g/mol.